The molecule has 1 heterocycles. The Labute approximate surface area is 171 Å². The molecule has 1 aliphatic heterocycles. The van der Waals surface area contributed by atoms with E-state index < -0.39 is 0 Å². The van der Waals surface area contributed by atoms with Gasteiger partial charge in [-0.3, -0.25) is 4.99 Å². The molecule has 0 radical (unpaired) electrons. The number of ether oxygens (including phenoxy) is 2. The van der Waals surface area contributed by atoms with E-state index in [1.807, 2.05) is 0 Å². The molecule has 1 aromatic rings. The van der Waals surface area contributed by atoms with Crippen LogP contribution in [0, 0.1) is 11.8 Å². The van der Waals surface area contributed by atoms with Crippen LogP contribution in [0.5, 0.6) is 0 Å². The van der Waals surface area contributed by atoms with Crippen LogP contribution < -0.4 is 10.6 Å². The van der Waals surface area contributed by atoms with Crippen LogP contribution in [0.1, 0.15) is 51.5 Å². The molecule has 0 spiro atoms. The summed E-state index contributed by atoms with van der Waals surface area (Å²) >= 11 is 0. The summed E-state index contributed by atoms with van der Waals surface area (Å²) in [6.07, 6.45) is 3.25. The first kappa shape index (κ1) is 22.7. The van der Waals surface area contributed by atoms with E-state index in [0.717, 1.165) is 71.3 Å². The van der Waals surface area contributed by atoms with Gasteiger partial charge in [0.25, 0.3) is 0 Å². The van der Waals surface area contributed by atoms with Crippen LogP contribution in [0.15, 0.2) is 35.3 Å². The van der Waals surface area contributed by atoms with Gasteiger partial charge in [-0.1, -0.05) is 44.2 Å². The summed E-state index contributed by atoms with van der Waals surface area (Å²) in [6, 6.07) is 10.7. The van der Waals surface area contributed by atoms with Crippen LogP contribution in [0.2, 0.25) is 0 Å². The summed E-state index contributed by atoms with van der Waals surface area (Å²) in [5, 5.41) is 6.80. The first-order valence-electron chi connectivity index (χ1n) is 10.9. The number of hydrogen-bond acceptors (Lipinski definition) is 3. The van der Waals surface area contributed by atoms with Gasteiger partial charge in [0.05, 0.1) is 0 Å². The Morgan fingerprint density at radius 2 is 1.93 bits per heavy atom. The largest absolute Gasteiger partial charge is 0.381 e. The lowest BCUT2D eigenvalue weighted by atomic mass is 9.88. The first-order chi connectivity index (χ1) is 13.7. The average molecular weight is 390 g/mol. The van der Waals surface area contributed by atoms with E-state index in [9.17, 15) is 0 Å². The van der Waals surface area contributed by atoms with Gasteiger partial charge >= 0.3 is 0 Å². The second kappa shape index (κ2) is 13.6. The van der Waals surface area contributed by atoms with Crippen molar-refractivity contribution < 1.29 is 9.47 Å². The number of guanidine groups is 1. The third-order valence-corrected chi connectivity index (χ3v) is 5.28. The van der Waals surface area contributed by atoms with Gasteiger partial charge in [0, 0.05) is 52.0 Å². The van der Waals surface area contributed by atoms with Crippen molar-refractivity contribution in [2.75, 3.05) is 46.1 Å². The highest BCUT2D eigenvalue weighted by Gasteiger charge is 2.15. The summed E-state index contributed by atoms with van der Waals surface area (Å²) in [5.41, 5.74) is 1.36. The van der Waals surface area contributed by atoms with E-state index in [1.54, 1.807) is 0 Å². The van der Waals surface area contributed by atoms with E-state index in [1.165, 1.54) is 5.56 Å². The molecular weight excluding hydrogens is 350 g/mol. The molecule has 2 N–H and O–H groups in total. The van der Waals surface area contributed by atoms with Crippen molar-refractivity contribution >= 4 is 5.96 Å². The zero-order valence-corrected chi connectivity index (χ0v) is 18.0. The molecule has 158 valence electrons. The standard InChI is InChI=1S/C23H39N3O2/c1-4-24-23(25-13-8-14-28-18-20-11-15-27-16-12-20)26-17-22(19(2)3)21-9-6-5-7-10-21/h5-7,9-10,19-20,22H,4,8,11-18H2,1-3H3,(H2,24,25,26). The molecule has 1 unspecified atom stereocenters. The Morgan fingerprint density at radius 3 is 2.61 bits per heavy atom. The van der Waals surface area contributed by atoms with Gasteiger partial charge in [0.15, 0.2) is 5.96 Å². The fraction of sp³-hybridized carbons (Fsp3) is 0.696. The molecule has 2 rings (SSSR count). The molecule has 5 heteroatoms. The maximum absolute atomic E-state index is 5.85. The van der Waals surface area contributed by atoms with Crippen LogP contribution in [-0.4, -0.2) is 52.0 Å². The predicted octanol–water partition coefficient (Wildman–Crippen LogP) is 3.81. The van der Waals surface area contributed by atoms with E-state index >= 15 is 0 Å². The third kappa shape index (κ3) is 8.61. The first-order valence-corrected chi connectivity index (χ1v) is 10.9. The smallest absolute Gasteiger partial charge is 0.191 e. The molecule has 28 heavy (non-hydrogen) atoms. The minimum atomic E-state index is 0.430. The lowest BCUT2D eigenvalue weighted by Crippen LogP contribution is -2.38. The van der Waals surface area contributed by atoms with Crippen molar-refractivity contribution in [1.29, 1.82) is 0 Å². The van der Waals surface area contributed by atoms with Gasteiger partial charge in [0.2, 0.25) is 0 Å². The van der Waals surface area contributed by atoms with E-state index in [0.29, 0.717) is 17.8 Å². The molecule has 1 aliphatic rings. The topological polar surface area (TPSA) is 54.9 Å². The van der Waals surface area contributed by atoms with Crippen LogP contribution in [0.4, 0.5) is 0 Å². The number of rotatable bonds is 11. The zero-order valence-electron chi connectivity index (χ0n) is 18.0. The quantitative estimate of drug-likeness (QED) is 0.343. The van der Waals surface area contributed by atoms with E-state index in [-0.39, 0.29) is 0 Å². The van der Waals surface area contributed by atoms with Gasteiger partial charge < -0.3 is 20.1 Å². The molecule has 0 amide bonds. The van der Waals surface area contributed by atoms with Crippen molar-refractivity contribution in [3.05, 3.63) is 35.9 Å². The molecule has 0 bridgehead atoms. The molecule has 5 nitrogen and oxygen atoms in total. The highest BCUT2D eigenvalue weighted by Crippen LogP contribution is 2.24. The minimum absolute atomic E-state index is 0.430. The molecule has 1 fully saturated rings. The van der Waals surface area contributed by atoms with Crippen molar-refractivity contribution in [1.82, 2.24) is 10.6 Å². The van der Waals surface area contributed by atoms with Crippen molar-refractivity contribution in [3.8, 4) is 0 Å². The lowest BCUT2D eigenvalue weighted by Gasteiger charge is -2.22. The van der Waals surface area contributed by atoms with Crippen LogP contribution in [0.25, 0.3) is 0 Å². The maximum Gasteiger partial charge on any atom is 0.191 e. The maximum atomic E-state index is 5.85. The number of hydrogen-bond donors (Lipinski definition) is 2. The Morgan fingerprint density at radius 1 is 1.18 bits per heavy atom. The van der Waals surface area contributed by atoms with Crippen LogP contribution in [-0.2, 0) is 9.47 Å². The molecule has 1 aromatic carbocycles. The molecular formula is C23H39N3O2. The summed E-state index contributed by atoms with van der Waals surface area (Å²) in [6.45, 7) is 12.6. The molecule has 1 saturated heterocycles. The number of benzene rings is 1. The molecule has 0 aromatic heterocycles. The Kier molecular flexibility index (Phi) is 11.0. The Bertz CT molecular complexity index is 542. The van der Waals surface area contributed by atoms with Gasteiger partial charge in [-0.05, 0) is 43.6 Å². The highest BCUT2D eigenvalue weighted by atomic mass is 16.5. The van der Waals surface area contributed by atoms with Crippen molar-refractivity contribution in [3.63, 3.8) is 0 Å². The minimum Gasteiger partial charge on any atom is -0.381 e. The fourth-order valence-corrected chi connectivity index (χ4v) is 3.48. The number of aliphatic imine (C=N–C) groups is 1. The summed E-state index contributed by atoms with van der Waals surface area (Å²) < 4.78 is 11.2. The third-order valence-electron chi connectivity index (χ3n) is 5.28. The number of nitrogens with one attached hydrogen (secondary N) is 2. The van der Waals surface area contributed by atoms with Crippen LogP contribution >= 0.6 is 0 Å². The number of nitrogens with zero attached hydrogens (tertiary/aromatic N) is 1. The fourth-order valence-electron chi connectivity index (χ4n) is 3.48. The molecule has 0 aliphatic carbocycles. The summed E-state index contributed by atoms with van der Waals surface area (Å²) in [5.74, 6) is 2.55. The highest BCUT2D eigenvalue weighted by molar-refractivity contribution is 5.79. The van der Waals surface area contributed by atoms with E-state index in [4.69, 9.17) is 14.5 Å². The molecule has 1 atom stereocenters. The van der Waals surface area contributed by atoms with Gasteiger partial charge in [-0.25, -0.2) is 0 Å². The lowest BCUT2D eigenvalue weighted by molar-refractivity contribution is 0.0203. The summed E-state index contributed by atoms with van der Waals surface area (Å²) in [4.78, 5) is 4.84. The SMILES string of the molecule is CCNC(=NCC(c1ccccc1)C(C)C)NCCCOCC1CCOCC1. The van der Waals surface area contributed by atoms with Gasteiger partial charge in [-0.15, -0.1) is 0 Å². The predicted molar refractivity (Wildman–Crippen MR) is 117 cm³/mol. The van der Waals surface area contributed by atoms with Gasteiger partial charge in [-0.2, -0.15) is 0 Å². The van der Waals surface area contributed by atoms with Gasteiger partial charge in [0.1, 0.15) is 0 Å². The second-order valence-corrected chi connectivity index (χ2v) is 7.89. The van der Waals surface area contributed by atoms with Crippen molar-refractivity contribution in [2.24, 2.45) is 16.8 Å². The zero-order chi connectivity index (χ0) is 20.0. The molecule has 0 saturated carbocycles. The Balaban J connectivity index is 1.71. The second-order valence-electron chi connectivity index (χ2n) is 7.89. The normalized spacial score (nSPS) is 16.9. The Hall–Kier alpha value is -1.59. The van der Waals surface area contributed by atoms with E-state index in [2.05, 4.69) is 61.7 Å². The summed E-state index contributed by atoms with van der Waals surface area (Å²) in [7, 11) is 0. The monoisotopic (exact) mass is 389 g/mol. The average Bonchev–Trinajstić information content (AvgIpc) is 2.72. The van der Waals surface area contributed by atoms with Crippen LogP contribution in [0.3, 0.4) is 0 Å². The van der Waals surface area contributed by atoms with Crippen molar-refractivity contribution in [2.45, 2.75) is 46.0 Å².